The zero-order valence-corrected chi connectivity index (χ0v) is 19.6. The topological polar surface area (TPSA) is 69.7 Å². The molecule has 8 heteroatoms. The van der Waals surface area contributed by atoms with Crippen molar-refractivity contribution in [1.29, 1.82) is 0 Å². The molecular formula is C23H30ClN3O3S. The number of Topliss-reactive ketones (excluding diaryl/α,β-unsaturated/α-hetero) is 1. The molecule has 0 saturated carbocycles. The first-order valence-corrected chi connectivity index (χ1v) is 12.4. The van der Waals surface area contributed by atoms with Crippen LogP contribution in [0.15, 0.2) is 48.5 Å². The molecule has 0 aromatic heterocycles. The maximum atomic E-state index is 12.3. The molecule has 0 aliphatic carbocycles. The first kappa shape index (κ1) is 23.7. The van der Waals surface area contributed by atoms with E-state index in [1.54, 1.807) is 30.3 Å². The fourth-order valence-corrected chi connectivity index (χ4v) is 4.56. The summed E-state index contributed by atoms with van der Waals surface area (Å²) in [5, 5.41) is 0.639. The van der Waals surface area contributed by atoms with Crippen molar-refractivity contribution in [3.63, 3.8) is 0 Å². The normalized spacial score (nSPS) is 15.9. The number of carbonyl (C=O) groups is 1. The van der Waals surface area contributed by atoms with E-state index in [0.29, 0.717) is 28.6 Å². The molecule has 1 aliphatic rings. The van der Waals surface area contributed by atoms with E-state index in [0.717, 1.165) is 48.8 Å². The van der Waals surface area contributed by atoms with Crippen LogP contribution in [0.4, 0.5) is 5.69 Å². The molecule has 0 spiro atoms. The quantitative estimate of drug-likeness (QED) is 0.559. The van der Waals surface area contributed by atoms with Crippen molar-refractivity contribution in [2.75, 3.05) is 38.5 Å². The lowest BCUT2D eigenvalue weighted by atomic mass is 9.89. The average Bonchev–Trinajstić information content (AvgIpc) is 2.74. The first-order chi connectivity index (χ1) is 14.7. The zero-order valence-electron chi connectivity index (χ0n) is 18.1. The Morgan fingerprint density at radius 2 is 1.81 bits per heavy atom. The predicted octanol–water partition coefficient (Wildman–Crippen LogP) is 4.40. The van der Waals surface area contributed by atoms with Crippen LogP contribution in [0.5, 0.6) is 0 Å². The second-order valence-electron chi connectivity index (χ2n) is 8.16. The molecule has 31 heavy (non-hydrogen) atoms. The SMILES string of the molecule is CN(C)S(=O)(=O)Nc1cccc(C2CCN(CCCC(=O)c3ccc(Cl)cc3)CC2)c1. The summed E-state index contributed by atoms with van der Waals surface area (Å²) in [7, 11) is -0.496. The van der Waals surface area contributed by atoms with E-state index in [9.17, 15) is 13.2 Å². The maximum Gasteiger partial charge on any atom is 0.301 e. The smallest absolute Gasteiger partial charge is 0.301 e. The van der Waals surface area contributed by atoms with E-state index in [1.165, 1.54) is 14.1 Å². The number of carbonyl (C=O) groups excluding carboxylic acids is 1. The third kappa shape index (κ3) is 6.77. The van der Waals surface area contributed by atoms with Gasteiger partial charge in [-0.15, -0.1) is 0 Å². The van der Waals surface area contributed by atoms with Crippen molar-refractivity contribution in [3.05, 3.63) is 64.7 Å². The van der Waals surface area contributed by atoms with Gasteiger partial charge in [-0.2, -0.15) is 12.7 Å². The molecule has 0 unspecified atom stereocenters. The van der Waals surface area contributed by atoms with Crippen LogP contribution in [-0.4, -0.2) is 57.1 Å². The number of benzene rings is 2. The van der Waals surface area contributed by atoms with Gasteiger partial charge in [0, 0.05) is 31.1 Å². The highest BCUT2D eigenvalue weighted by atomic mass is 35.5. The van der Waals surface area contributed by atoms with Gasteiger partial charge in [0.2, 0.25) is 0 Å². The molecule has 0 atom stereocenters. The molecule has 0 bridgehead atoms. The van der Waals surface area contributed by atoms with Crippen LogP contribution in [0.25, 0.3) is 0 Å². The van der Waals surface area contributed by atoms with Crippen LogP contribution in [0.2, 0.25) is 5.02 Å². The fraction of sp³-hybridized carbons (Fsp3) is 0.435. The lowest BCUT2D eigenvalue weighted by Gasteiger charge is -2.32. The van der Waals surface area contributed by atoms with Gasteiger partial charge in [0.05, 0.1) is 5.69 Å². The first-order valence-electron chi connectivity index (χ1n) is 10.6. The molecule has 6 nitrogen and oxygen atoms in total. The lowest BCUT2D eigenvalue weighted by Crippen LogP contribution is -2.34. The Bertz CT molecular complexity index is 985. The van der Waals surface area contributed by atoms with Crippen LogP contribution < -0.4 is 4.72 Å². The number of nitrogens with zero attached hydrogens (tertiary/aromatic N) is 2. The molecule has 1 aliphatic heterocycles. The van der Waals surface area contributed by atoms with Gasteiger partial charge in [0.1, 0.15) is 0 Å². The Balaban J connectivity index is 1.46. The third-order valence-corrected chi connectivity index (χ3v) is 7.42. The van der Waals surface area contributed by atoms with Gasteiger partial charge >= 0.3 is 10.2 Å². The van der Waals surface area contributed by atoms with E-state index >= 15 is 0 Å². The highest BCUT2D eigenvalue weighted by Gasteiger charge is 2.21. The average molecular weight is 464 g/mol. The van der Waals surface area contributed by atoms with Gasteiger partial charge < -0.3 is 4.90 Å². The number of nitrogens with one attached hydrogen (secondary N) is 1. The second-order valence-corrected chi connectivity index (χ2v) is 10.5. The summed E-state index contributed by atoms with van der Waals surface area (Å²) in [6, 6.07) is 14.7. The number of anilines is 1. The molecule has 168 valence electrons. The van der Waals surface area contributed by atoms with Crippen LogP contribution in [0.3, 0.4) is 0 Å². The van der Waals surface area contributed by atoms with Gasteiger partial charge in [-0.1, -0.05) is 23.7 Å². The van der Waals surface area contributed by atoms with Crippen LogP contribution in [0.1, 0.15) is 47.5 Å². The van der Waals surface area contributed by atoms with Gasteiger partial charge in [-0.25, -0.2) is 0 Å². The summed E-state index contributed by atoms with van der Waals surface area (Å²) in [5.74, 6) is 0.569. The van der Waals surface area contributed by atoms with E-state index in [4.69, 9.17) is 11.6 Å². The Hall–Kier alpha value is -1.93. The van der Waals surface area contributed by atoms with Crippen molar-refractivity contribution >= 4 is 33.3 Å². The summed E-state index contributed by atoms with van der Waals surface area (Å²) in [6.45, 7) is 2.87. The number of rotatable bonds is 9. The molecule has 1 saturated heterocycles. The number of likely N-dealkylation sites (tertiary alicyclic amines) is 1. The number of piperidine rings is 1. The van der Waals surface area contributed by atoms with E-state index in [1.807, 2.05) is 12.1 Å². The predicted molar refractivity (Wildman–Crippen MR) is 126 cm³/mol. The third-order valence-electron chi connectivity index (χ3n) is 5.72. The number of hydrogen-bond donors (Lipinski definition) is 1. The van der Waals surface area contributed by atoms with Gasteiger partial charge in [-0.05, 0) is 86.8 Å². The highest BCUT2D eigenvalue weighted by Crippen LogP contribution is 2.30. The molecule has 1 N–H and O–H groups in total. The fourth-order valence-electron chi connectivity index (χ4n) is 3.83. The van der Waals surface area contributed by atoms with Crippen molar-refractivity contribution < 1.29 is 13.2 Å². The van der Waals surface area contributed by atoms with Crippen LogP contribution in [-0.2, 0) is 10.2 Å². The molecule has 1 fully saturated rings. The maximum absolute atomic E-state index is 12.3. The van der Waals surface area contributed by atoms with Crippen molar-refractivity contribution in [2.45, 2.75) is 31.6 Å². The summed E-state index contributed by atoms with van der Waals surface area (Å²) in [5.41, 5.74) is 2.47. The Kier molecular flexibility index (Phi) is 8.11. The number of ketones is 1. The molecular weight excluding hydrogens is 434 g/mol. The molecule has 2 aromatic carbocycles. The van der Waals surface area contributed by atoms with Crippen molar-refractivity contribution in [3.8, 4) is 0 Å². The lowest BCUT2D eigenvalue weighted by molar-refractivity contribution is 0.0972. The van der Waals surface area contributed by atoms with Gasteiger partial charge in [-0.3, -0.25) is 9.52 Å². The summed E-state index contributed by atoms with van der Waals surface area (Å²) < 4.78 is 27.9. The molecule has 2 aromatic rings. The van der Waals surface area contributed by atoms with Crippen molar-refractivity contribution in [1.82, 2.24) is 9.21 Å². The van der Waals surface area contributed by atoms with E-state index < -0.39 is 10.2 Å². The summed E-state index contributed by atoms with van der Waals surface area (Å²) in [4.78, 5) is 14.7. The van der Waals surface area contributed by atoms with Gasteiger partial charge in [0.25, 0.3) is 0 Å². The minimum absolute atomic E-state index is 0.156. The van der Waals surface area contributed by atoms with Crippen LogP contribution >= 0.6 is 11.6 Å². The van der Waals surface area contributed by atoms with E-state index in [2.05, 4.69) is 15.7 Å². The van der Waals surface area contributed by atoms with E-state index in [-0.39, 0.29) is 5.78 Å². The Labute approximate surface area is 190 Å². The monoisotopic (exact) mass is 463 g/mol. The minimum Gasteiger partial charge on any atom is -0.303 e. The highest BCUT2D eigenvalue weighted by molar-refractivity contribution is 7.90. The molecule has 3 rings (SSSR count). The second kappa shape index (κ2) is 10.6. The summed E-state index contributed by atoms with van der Waals surface area (Å²) in [6.07, 6.45) is 3.42. The molecule has 0 amide bonds. The summed E-state index contributed by atoms with van der Waals surface area (Å²) >= 11 is 5.88. The van der Waals surface area contributed by atoms with Crippen LogP contribution in [0, 0.1) is 0 Å². The zero-order chi connectivity index (χ0) is 22.4. The molecule has 0 radical (unpaired) electrons. The Morgan fingerprint density at radius 1 is 1.13 bits per heavy atom. The largest absolute Gasteiger partial charge is 0.303 e. The van der Waals surface area contributed by atoms with Gasteiger partial charge in [0.15, 0.2) is 5.78 Å². The van der Waals surface area contributed by atoms with Crippen molar-refractivity contribution in [2.24, 2.45) is 0 Å². The standard InChI is InChI=1S/C23H30ClN3O3S/c1-26(2)31(29,30)25-22-6-3-5-20(17-22)18-12-15-27(16-13-18)14-4-7-23(28)19-8-10-21(24)11-9-19/h3,5-6,8-11,17-18,25H,4,7,12-16H2,1-2H3. The Morgan fingerprint density at radius 3 is 2.45 bits per heavy atom. The number of hydrogen-bond acceptors (Lipinski definition) is 4. The number of halogens is 1. The minimum atomic E-state index is -3.51. The molecule has 1 heterocycles.